The summed E-state index contributed by atoms with van der Waals surface area (Å²) in [6.07, 6.45) is 3.97. The largest absolute Gasteiger partial charge is 0.461 e. The van der Waals surface area contributed by atoms with E-state index in [2.05, 4.69) is 16.0 Å². The number of primary amides is 1. The van der Waals surface area contributed by atoms with Crippen LogP contribution in [-0.4, -0.2) is 77.2 Å². The van der Waals surface area contributed by atoms with Gasteiger partial charge in [-0.2, -0.15) is 0 Å². The number of nitrogens with two attached hydrogens (primary N) is 1. The fourth-order valence-corrected chi connectivity index (χ4v) is 6.71. The Labute approximate surface area is 260 Å². The minimum atomic E-state index is -1.10. The summed E-state index contributed by atoms with van der Waals surface area (Å²) in [6, 6.07) is -4.53. The van der Waals surface area contributed by atoms with Crippen LogP contribution in [0, 0.1) is 40.4 Å². The summed E-state index contributed by atoms with van der Waals surface area (Å²) in [4.78, 5) is 80.0. The Morgan fingerprint density at radius 3 is 2.07 bits per heavy atom. The lowest BCUT2D eigenvalue weighted by atomic mass is 9.85. The molecule has 0 aromatic carbocycles. The predicted molar refractivity (Wildman–Crippen MR) is 162 cm³/mol. The molecule has 4 aliphatic rings. The zero-order valence-electron chi connectivity index (χ0n) is 27.4. The Hall–Kier alpha value is -3.18. The summed E-state index contributed by atoms with van der Waals surface area (Å²) in [6.45, 7) is 15.3. The highest BCUT2D eigenvalue weighted by Gasteiger charge is 2.70. The van der Waals surface area contributed by atoms with Crippen LogP contribution in [-0.2, 0) is 28.7 Å². The average Bonchev–Trinajstić information content (AvgIpc) is 3.85. The number of esters is 1. The molecule has 0 aromatic heterocycles. The third kappa shape index (κ3) is 7.37. The van der Waals surface area contributed by atoms with Gasteiger partial charge in [0.05, 0.1) is 6.04 Å². The van der Waals surface area contributed by atoms with E-state index in [0.29, 0.717) is 18.9 Å². The van der Waals surface area contributed by atoms with Crippen molar-refractivity contribution in [2.75, 3.05) is 6.54 Å². The number of urea groups is 1. The summed E-state index contributed by atoms with van der Waals surface area (Å²) >= 11 is 0. The molecule has 3 saturated carbocycles. The van der Waals surface area contributed by atoms with Crippen molar-refractivity contribution in [1.82, 2.24) is 20.9 Å². The minimum Gasteiger partial charge on any atom is -0.461 e. The van der Waals surface area contributed by atoms with Crippen molar-refractivity contribution < 1.29 is 33.5 Å². The molecule has 5 amide bonds. The van der Waals surface area contributed by atoms with Crippen molar-refractivity contribution in [3.8, 4) is 0 Å². The fourth-order valence-electron chi connectivity index (χ4n) is 6.71. The summed E-state index contributed by atoms with van der Waals surface area (Å²) in [5.41, 5.74) is 4.34. The number of fused-ring (bicyclic) bond motifs is 1. The molecule has 4 fully saturated rings. The van der Waals surface area contributed by atoms with Gasteiger partial charge in [-0.1, -0.05) is 61.3 Å². The highest BCUT2D eigenvalue weighted by molar-refractivity contribution is 6.37. The number of piperidine rings is 1. The monoisotopic (exact) mass is 617 g/mol. The highest BCUT2D eigenvalue weighted by atomic mass is 16.5. The molecule has 0 bridgehead atoms. The number of hydrogen-bond donors (Lipinski definition) is 4. The van der Waals surface area contributed by atoms with E-state index in [1.165, 1.54) is 4.90 Å². The van der Waals surface area contributed by atoms with E-state index in [1.807, 2.05) is 41.5 Å². The molecule has 1 saturated heterocycles. The first-order valence-corrected chi connectivity index (χ1v) is 16.1. The topological polar surface area (TPSA) is 177 Å². The van der Waals surface area contributed by atoms with Crippen LogP contribution in [0.4, 0.5) is 4.79 Å². The maximum atomic E-state index is 14.2. The molecule has 3 aliphatic carbocycles. The number of hydrogen-bond acceptors (Lipinski definition) is 7. The van der Waals surface area contributed by atoms with E-state index < -0.39 is 65.1 Å². The average molecular weight is 618 g/mol. The van der Waals surface area contributed by atoms with Crippen LogP contribution in [0.2, 0.25) is 0 Å². The molecule has 4 rings (SSSR count). The molecule has 0 aromatic rings. The van der Waals surface area contributed by atoms with Gasteiger partial charge < -0.3 is 31.3 Å². The number of amides is 5. The first-order valence-electron chi connectivity index (χ1n) is 16.1. The Kier molecular flexibility index (Phi) is 9.43. The van der Waals surface area contributed by atoms with Crippen molar-refractivity contribution in [2.24, 2.45) is 46.2 Å². The van der Waals surface area contributed by atoms with Crippen LogP contribution < -0.4 is 21.7 Å². The number of ether oxygens (including phenoxy) is 1. The van der Waals surface area contributed by atoms with E-state index in [0.717, 1.165) is 25.7 Å². The number of nitrogens with zero attached hydrogens (tertiary/aromatic N) is 1. The third-order valence-electron chi connectivity index (χ3n) is 10.1. The molecule has 246 valence electrons. The second-order valence-corrected chi connectivity index (χ2v) is 15.5. The van der Waals surface area contributed by atoms with Crippen LogP contribution >= 0.6 is 0 Å². The summed E-state index contributed by atoms with van der Waals surface area (Å²) < 4.78 is 5.61. The number of Topliss-reactive ketones (excluding diaryl/α,β-unsaturated/α-hetero) is 1. The molecular weight excluding hydrogens is 566 g/mol. The van der Waals surface area contributed by atoms with Crippen molar-refractivity contribution in [1.29, 1.82) is 0 Å². The number of nitrogens with one attached hydrogen (secondary N) is 3. The van der Waals surface area contributed by atoms with Gasteiger partial charge in [-0.25, -0.2) is 9.59 Å². The normalized spacial score (nSPS) is 26.5. The Morgan fingerprint density at radius 1 is 0.955 bits per heavy atom. The molecule has 1 aliphatic heterocycles. The Bertz CT molecular complexity index is 1190. The molecule has 3 unspecified atom stereocenters. The zero-order chi connectivity index (χ0) is 32.9. The number of carbonyl (C=O) groups excluding carboxylic acids is 6. The highest BCUT2D eigenvalue weighted by Crippen LogP contribution is 2.65. The lowest BCUT2D eigenvalue weighted by Crippen LogP contribution is -2.62. The van der Waals surface area contributed by atoms with Gasteiger partial charge in [-0.15, -0.1) is 0 Å². The summed E-state index contributed by atoms with van der Waals surface area (Å²) in [5.74, 6) is -3.12. The van der Waals surface area contributed by atoms with E-state index in [9.17, 15) is 28.8 Å². The van der Waals surface area contributed by atoms with Gasteiger partial charge >= 0.3 is 12.0 Å². The molecule has 1 heterocycles. The number of likely N-dealkylation sites (tertiary alicyclic amines) is 1. The molecule has 12 nitrogen and oxygen atoms in total. The first-order chi connectivity index (χ1) is 20.3. The minimum absolute atomic E-state index is 0.0684. The smallest absolute Gasteiger partial charge is 0.329 e. The fraction of sp³-hybridized carbons (Fsp3) is 0.812. The predicted octanol–water partition coefficient (Wildman–Crippen LogP) is 1.89. The molecule has 0 radical (unpaired) electrons. The van der Waals surface area contributed by atoms with Crippen LogP contribution in [0.25, 0.3) is 0 Å². The van der Waals surface area contributed by atoms with Gasteiger partial charge in [0.25, 0.3) is 5.91 Å². The molecule has 44 heavy (non-hydrogen) atoms. The SMILES string of the molecule is CC(C)C(NC(=O)N[C@H](C(=O)N1C[C@H]2[C@@H]([C@H]1C(=O)NC(CC1CC1)C(=O)C(N)=O)C2(C)C)C(C)(C)C)C(=O)OC(C)C1CC1. The van der Waals surface area contributed by atoms with Crippen LogP contribution in [0.15, 0.2) is 0 Å². The second-order valence-electron chi connectivity index (χ2n) is 15.5. The molecule has 0 spiro atoms. The maximum absolute atomic E-state index is 14.2. The quantitative estimate of drug-likeness (QED) is 0.180. The van der Waals surface area contributed by atoms with Crippen LogP contribution in [0.5, 0.6) is 0 Å². The van der Waals surface area contributed by atoms with Gasteiger partial charge in [0.2, 0.25) is 17.6 Å². The van der Waals surface area contributed by atoms with Crippen molar-refractivity contribution in [3.63, 3.8) is 0 Å². The molecule has 12 heteroatoms. The summed E-state index contributed by atoms with van der Waals surface area (Å²) in [7, 11) is 0. The van der Waals surface area contributed by atoms with Gasteiger partial charge in [-0.05, 0) is 66.6 Å². The second kappa shape index (κ2) is 12.3. The van der Waals surface area contributed by atoms with Crippen molar-refractivity contribution in [2.45, 2.75) is 118 Å². The van der Waals surface area contributed by atoms with E-state index in [-0.39, 0.29) is 35.2 Å². The lowest BCUT2D eigenvalue weighted by Gasteiger charge is -2.38. The van der Waals surface area contributed by atoms with E-state index in [4.69, 9.17) is 10.5 Å². The molecule has 5 N–H and O–H groups in total. The van der Waals surface area contributed by atoms with E-state index >= 15 is 0 Å². The van der Waals surface area contributed by atoms with Gasteiger partial charge in [0.1, 0.15) is 24.2 Å². The Balaban J connectivity index is 1.49. The molecular formula is C32H51N5O7. The van der Waals surface area contributed by atoms with Gasteiger partial charge in [0, 0.05) is 6.54 Å². The summed E-state index contributed by atoms with van der Waals surface area (Å²) in [5, 5.41) is 8.25. The first kappa shape index (κ1) is 33.7. The maximum Gasteiger partial charge on any atom is 0.329 e. The van der Waals surface area contributed by atoms with Crippen LogP contribution in [0.1, 0.15) is 87.5 Å². The number of rotatable bonds is 13. The van der Waals surface area contributed by atoms with Crippen molar-refractivity contribution in [3.05, 3.63) is 0 Å². The standard InChI is InChI=1S/C32H51N5O7/c1-15(2)22(29(42)44-16(3)18-11-12-18)35-30(43)36-25(31(4,5)6)28(41)37-14-19-21(32(19,7)8)23(37)27(40)34-20(13-17-9-10-17)24(38)26(33)39/h15-23,25H,9-14H2,1-8H3,(H2,33,39)(H,34,40)(H2,35,36,43)/t16?,19-,20?,21-,22?,23-,25+/m0/s1. The van der Waals surface area contributed by atoms with Crippen molar-refractivity contribution >= 4 is 35.5 Å². The number of ketones is 1. The third-order valence-corrected chi connectivity index (χ3v) is 10.1. The van der Waals surface area contributed by atoms with Gasteiger partial charge in [0.15, 0.2) is 0 Å². The molecule has 7 atom stereocenters. The van der Waals surface area contributed by atoms with Crippen LogP contribution in [0.3, 0.4) is 0 Å². The Morgan fingerprint density at radius 2 is 1.57 bits per heavy atom. The van der Waals surface area contributed by atoms with E-state index in [1.54, 1.807) is 13.8 Å². The van der Waals surface area contributed by atoms with Gasteiger partial charge in [-0.3, -0.25) is 19.2 Å². The zero-order valence-corrected chi connectivity index (χ0v) is 27.4. The number of carbonyl (C=O) groups is 6. The lowest BCUT2D eigenvalue weighted by molar-refractivity contribution is -0.152.